The lowest BCUT2D eigenvalue weighted by atomic mass is 9.94. The minimum Gasteiger partial charge on any atom is -0.345 e. The summed E-state index contributed by atoms with van der Waals surface area (Å²) in [6.07, 6.45) is 0.997. The fourth-order valence-electron chi connectivity index (χ4n) is 2.49. The Morgan fingerprint density at radius 3 is 2.30 bits per heavy atom. The molecule has 0 aliphatic carbocycles. The lowest BCUT2D eigenvalue weighted by Gasteiger charge is -2.23. The summed E-state index contributed by atoms with van der Waals surface area (Å²) < 4.78 is 0. The Balaban J connectivity index is 2.25. The predicted molar refractivity (Wildman–Crippen MR) is 97.3 cm³/mol. The minimum atomic E-state index is -0.212. The van der Waals surface area contributed by atoms with Crippen LogP contribution in [0.4, 0.5) is 0 Å². The van der Waals surface area contributed by atoms with Crippen LogP contribution in [0.3, 0.4) is 0 Å². The first-order valence-corrected chi connectivity index (χ1v) is 8.53. The number of amides is 1. The van der Waals surface area contributed by atoms with E-state index < -0.39 is 0 Å². The van der Waals surface area contributed by atoms with Crippen LogP contribution < -0.4 is 5.32 Å². The molecular weight excluding hydrogens is 329 g/mol. The number of nitrogens with one attached hydrogen (secondary N) is 1. The van der Waals surface area contributed by atoms with Crippen molar-refractivity contribution < 1.29 is 4.79 Å². The van der Waals surface area contributed by atoms with Crippen molar-refractivity contribution in [3.63, 3.8) is 0 Å². The zero-order valence-corrected chi connectivity index (χ0v) is 15.1. The fraction of sp³-hybridized carbons (Fsp3) is 0.316. The van der Waals surface area contributed by atoms with Crippen molar-refractivity contribution in [2.45, 2.75) is 33.2 Å². The van der Waals surface area contributed by atoms with E-state index in [1.807, 2.05) is 0 Å². The van der Waals surface area contributed by atoms with Crippen LogP contribution in [0.2, 0.25) is 10.0 Å². The van der Waals surface area contributed by atoms with E-state index in [0.717, 1.165) is 12.0 Å². The third kappa shape index (κ3) is 4.27. The molecule has 0 bridgehead atoms. The lowest BCUT2D eigenvalue weighted by Crippen LogP contribution is -2.32. The van der Waals surface area contributed by atoms with Gasteiger partial charge in [0.05, 0.1) is 21.7 Å². The van der Waals surface area contributed by atoms with Gasteiger partial charge in [-0.05, 0) is 35.6 Å². The molecule has 1 amide bonds. The van der Waals surface area contributed by atoms with Gasteiger partial charge in [0.25, 0.3) is 5.91 Å². The number of benzene rings is 2. The van der Waals surface area contributed by atoms with E-state index in [2.05, 4.69) is 50.4 Å². The summed E-state index contributed by atoms with van der Waals surface area (Å²) in [6, 6.07) is 13.3. The van der Waals surface area contributed by atoms with Gasteiger partial charge in [0.1, 0.15) is 0 Å². The molecule has 1 N–H and O–H groups in total. The third-order valence-corrected chi connectivity index (χ3v) is 4.72. The van der Waals surface area contributed by atoms with Crippen molar-refractivity contribution in [2.75, 3.05) is 0 Å². The highest BCUT2D eigenvalue weighted by Crippen LogP contribution is 2.27. The van der Waals surface area contributed by atoms with Crippen molar-refractivity contribution in [2.24, 2.45) is 5.92 Å². The molecule has 23 heavy (non-hydrogen) atoms. The molecule has 2 nitrogen and oxygen atoms in total. The Labute approximate surface area is 147 Å². The van der Waals surface area contributed by atoms with Crippen molar-refractivity contribution in [3.05, 3.63) is 69.2 Å². The maximum atomic E-state index is 12.6. The van der Waals surface area contributed by atoms with Gasteiger partial charge in [-0.2, -0.15) is 0 Å². The highest BCUT2D eigenvalue weighted by molar-refractivity contribution is 6.43. The number of hydrogen-bond acceptors (Lipinski definition) is 1. The van der Waals surface area contributed by atoms with Crippen LogP contribution in [-0.2, 0) is 6.42 Å². The highest BCUT2D eigenvalue weighted by atomic mass is 35.5. The van der Waals surface area contributed by atoms with Gasteiger partial charge in [-0.25, -0.2) is 0 Å². The molecule has 0 fully saturated rings. The van der Waals surface area contributed by atoms with E-state index >= 15 is 0 Å². The molecule has 0 aromatic heterocycles. The first-order chi connectivity index (χ1) is 10.9. The maximum Gasteiger partial charge on any atom is 0.253 e. The molecular formula is C19H21Cl2NO. The average molecular weight is 350 g/mol. The van der Waals surface area contributed by atoms with Crippen LogP contribution in [0.25, 0.3) is 0 Å². The van der Waals surface area contributed by atoms with E-state index in [0.29, 0.717) is 10.6 Å². The standard InChI is InChI=1S/C19H21Cl2NO/c1-4-13-8-10-14(11-9-13)18(12(2)3)22-19(23)15-6-5-7-16(20)17(15)21/h5-12,18H,4H2,1-3H3,(H,22,23). The Bertz CT molecular complexity index is 680. The van der Waals surface area contributed by atoms with Gasteiger partial charge < -0.3 is 5.32 Å². The molecule has 122 valence electrons. The topological polar surface area (TPSA) is 29.1 Å². The fourth-order valence-corrected chi connectivity index (χ4v) is 2.88. The number of rotatable bonds is 5. The van der Waals surface area contributed by atoms with E-state index in [-0.39, 0.29) is 22.9 Å². The molecule has 2 aromatic rings. The van der Waals surface area contributed by atoms with Crippen LogP contribution in [0.5, 0.6) is 0 Å². The first kappa shape index (κ1) is 17.8. The zero-order chi connectivity index (χ0) is 17.0. The Morgan fingerprint density at radius 2 is 1.74 bits per heavy atom. The van der Waals surface area contributed by atoms with E-state index in [1.54, 1.807) is 18.2 Å². The number of hydrogen-bond donors (Lipinski definition) is 1. The van der Waals surface area contributed by atoms with Crippen molar-refractivity contribution in [3.8, 4) is 0 Å². The second kappa shape index (κ2) is 7.85. The first-order valence-electron chi connectivity index (χ1n) is 7.77. The largest absolute Gasteiger partial charge is 0.345 e. The summed E-state index contributed by atoms with van der Waals surface area (Å²) >= 11 is 12.1. The summed E-state index contributed by atoms with van der Waals surface area (Å²) in [4.78, 5) is 12.6. The van der Waals surface area contributed by atoms with Gasteiger partial charge in [0.15, 0.2) is 0 Å². The SMILES string of the molecule is CCc1ccc(C(NC(=O)c2cccc(Cl)c2Cl)C(C)C)cc1. The molecule has 0 aliphatic rings. The maximum absolute atomic E-state index is 12.6. The summed E-state index contributed by atoms with van der Waals surface area (Å²) in [5.74, 6) is 0.0418. The van der Waals surface area contributed by atoms with Gasteiger partial charge in [-0.15, -0.1) is 0 Å². The molecule has 4 heteroatoms. The van der Waals surface area contributed by atoms with E-state index in [9.17, 15) is 4.79 Å². The second-order valence-corrected chi connectivity index (χ2v) is 6.68. The minimum absolute atomic E-state index is 0.0801. The van der Waals surface area contributed by atoms with Crippen LogP contribution in [0, 0.1) is 5.92 Å². The van der Waals surface area contributed by atoms with Crippen LogP contribution in [0.15, 0.2) is 42.5 Å². The third-order valence-electron chi connectivity index (χ3n) is 3.90. The van der Waals surface area contributed by atoms with Crippen LogP contribution >= 0.6 is 23.2 Å². The number of carbonyl (C=O) groups is 1. The van der Waals surface area contributed by atoms with E-state index in [1.165, 1.54) is 5.56 Å². The van der Waals surface area contributed by atoms with Gasteiger partial charge in [-0.1, -0.05) is 74.3 Å². The van der Waals surface area contributed by atoms with Gasteiger partial charge in [-0.3, -0.25) is 4.79 Å². The summed E-state index contributed by atoms with van der Waals surface area (Å²) in [5, 5.41) is 3.74. The summed E-state index contributed by atoms with van der Waals surface area (Å²) in [6.45, 7) is 6.29. The molecule has 0 radical (unpaired) electrons. The predicted octanol–water partition coefficient (Wildman–Crippen LogP) is 5.68. The number of carbonyl (C=O) groups excluding carboxylic acids is 1. The number of halogens is 2. The molecule has 2 aromatic carbocycles. The average Bonchev–Trinajstić information content (AvgIpc) is 2.55. The summed E-state index contributed by atoms with van der Waals surface area (Å²) in [5.41, 5.74) is 2.76. The Kier molecular flexibility index (Phi) is 6.09. The van der Waals surface area contributed by atoms with Gasteiger partial charge in [0.2, 0.25) is 0 Å². The zero-order valence-electron chi connectivity index (χ0n) is 13.6. The Hall–Kier alpha value is -1.51. The normalized spacial score (nSPS) is 12.3. The molecule has 1 atom stereocenters. The van der Waals surface area contributed by atoms with Crippen molar-refractivity contribution in [1.29, 1.82) is 0 Å². The van der Waals surface area contributed by atoms with Gasteiger partial charge in [0, 0.05) is 0 Å². The molecule has 1 unspecified atom stereocenters. The molecule has 0 saturated carbocycles. The van der Waals surface area contributed by atoms with Gasteiger partial charge >= 0.3 is 0 Å². The Morgan fingerprint density at radius 1 is 1.09 bits per heavy atom. The molecule has 0 saturated heterocycles. The van der Waals surface area contributed by atoms with Crippen LogP contribution in [0.1, 0.15) is 48.3 Å². The quantitative estimate of drug-likeness (QED) is 0.738. The highest BCUT2D eigenvalue weighted by Gasteiger charge is 2.21. The second-order valence-electron chi connectivity index (χ2n) is 5.89. The van der Waals surface area contributed by atoms with E-state index in [4.69, 9.17) is 23.2 Å². The molecule has 0 spiro atoms. The smallest absolute Gasteiger partial charge is 0.253 e. The van der Waals surface area contributed by atoms with Crippen LogP contribution in [-0.4, -0.2) is 5.91 Å². The molecule has 0 aliphatic heterocycles. The lowest BCUT2D eigenvalue weighted by molar-refractivity contribution is 0.0925. The molecule has 0 heterocycles. The van der Waals surface area contributed by atoms with Crippen molar-refractivity contribution >= 4 is 29.1 Å². The summed E-state index contributed by atoms with van der Waals surface area (Å²) in [7, 11) is 0. The van der Waals surface area contributed by atoms with Crippen molar-refractivity contribution in [1.82, 2.24) is 5.32 Å². The molecule has 2 rings (SSSR count). The monoisotopic (exact) mass is 349 g/mol. The number of aryl methyl sites for hydroxylation is 1.